The molecular weight excluding hydrogens is 288 g/mol. The van der Waals surface area contributed by atoms with Gasteiger partial charge in [0.2, 0.25) is 0 Å². The number of rotatable bonds is 4. The molecule has 4 N–H and O–H groups in total. The van der Waals surface area contributed by atoms with Crippen LogP contribution in [0, 0.1) is 11.3 Å². The van der Waals surface area contributed by atoms with E-state index in [4.69, 9.17) is 11.0 Å². The van der Waals surface area contributed by atoms with Crippen LogP contribution < -0.4 is 16.4 Å². The third-order valence-electron chi connectivity index (χ3n) is 4.08. The summed E-state index contributed by atoms with van der Waals surface area (Å²) in [4.78, 5) is 8.87. The molecule has 6 nitrogen and oxygen atoms in total. The Balaban J connectivity index is 1.95. The average molecular weight is 310 g/mol. The molecular formula is C17H22N6. The lowest BCUT2D eigenvalue weighted by atomic mass is 10.1. The number of nitrogens with one attached hydrogen (secondary N) is 2. The van der Waals surface area contributed by atoms with Crippen molar-refractivity contribution in [1.82, 2.24) is 9.97 Å². The molecule has 0 amide bonds. The molecule has 3 rings (SSSR count). The molecule has 2 aromatic heterocycles. The zero-order valence-electron chi connectivity index (χ0n) is 13.5. The first-order valence-corrected chi connectivity index (χ1v) is 8.04. The van der Waals surface area contributed by atoms with Gasteiger partial charge in [-0.15, -0.1) is 0 Å². The van der Waals surface area contributed by atoms with Crippen molar-refractivity contribution in [3.63, 3.8) is 0 Å². The molecule has 2 atom stereocenters. The molecule has 0 spiro atoms. The Morgan fingerprint density at radius 1 is 1.35 bits per heavy atom. The lowest BCUT2D eigenvalue weighted by molar-refractivity contribution is 0.687. The van der Waals surface area contributed by atoms with Gasteiger partial charge in [-0.1, -0.05) is 0 Å². The first kappa shape index (κ1) is 15.5. The van der Waals surface area contributed by atoms with Gasteiger partial charge in [-0.2, -0.15) is 5.26 Å². The number of hydrogen-bond acceptors (Lipinski definition) is 6. The highest BCUT2D eigenvalue weighted by molar-refractivity contribution is 5.93. The van der Waals surface area contributed by atoms with Crippen LogP contribution in [0.15, 0.2) is 18.3 Å². The van der Waals surface area contributed by atoms with Gasteiger partial charge in [0.15, 0.2) is 0 Å². The number of nitrogens with zero attached hydrogens (tertiary/aromatic N) is 3. The van der Waals surface area contributed by atoms with Gasteiger partial charge in [-0.3, -0.25) is 0 Å². The molecule has 2 aromatic rings. The monoisotopic (exact) mass is 310 g/mol. The van der Waals surface area contributed by atoms with Crippen molar-refractivity contribution in [3.8, 4) is 6.07 Å². The van der Waals surface area contributed by atoms with Crippen molar-refractivity contribution < 1.29 is 0 Å². The minimum Gasteiger partial charge on any atom is -0.367 e. The van der Waals surface area contributed by atoms with Crippen molar-refractivity contribution in [2.24, 2.45) is 5.73 Å². The maximum atomic E-state index is 9.14. The largest absolute Gasteiger partial charge is 0.367 e. The van der Waals surface area contributed by atoms with Gasteiger partial charge in [0, 0.05) is 35.1 Å². The number of nitriles is 1. The minimum absolute atomic E-state index is 0.233. The third-order valence-corrected chi connectivity index (χ3v) is 4.08. The van der Waals surface area contributed by atoms with Gasteiger partial charge in [0.05, 0.1) is 0 Å². The number of aromatic nitrogens is 2. The molecule has 120 valence electrons. The normalized spacial score (nSPS) is 20.7. The maximum absolute atomic E-state index is 9.14. The predicted octanol–water partition coefficient (Wildman–Crippen LogP) is 2.61. The molecule has 0 radical (unpaired) electrons. The highest BCUT2D eigenvalue weighted by Gasteiger charge is 2.22. The van der Waals surface area contributed by atoms with E-state index in [0.29, 0.717) is 11.7 Å². The van der Waals surface area contributed by atoms with Crippen LogP contribution in [-0.4, -0.2) is 28.1 Å². The second-order valence-electron chi connectivity index (χ2n) is 6.47. The van der Waals surface area contributed by atoms with E-state index in [1.807, 2.05) is 19.9 Å². The van der Waals surface area contributed by atoms with Crippen LogP contribution in [0.2, 0.25) is 0 Å². The Labute approximate surface area is 136 Å². The van der Waals surface area contributed by atoms with Crippen molar-refractivity contribution in [2.45, 2.75) is 51.2 Å². The van der Waals surface area contributed by atoms with E-state index < -0.39 is 0 Å². The second-order valence-corrected chi connectivity index (χ2v) is 6.47. The maximum Gasteiger partial charge on any atom is 0.143 e. The SMILES string of the molecule is CC(C)Nc1nc(C#N)cc2cnc(N[C@H]3CC[C@@H](N)C3)cc12. The smallest absolute Gasteiger partial charge is 0.143 e. The van der Waals surface area contributed by atoms with Gasteiger partial charge in [0.25, 0.3) is 0 Å². The number of fused-ring (bicyclic) bond motifs is 1. The Bertz CT molecular complexity index is 749. The molecule has 0 saturated heterocycles. The van der Waals surface area contributed by atoms with E-state index in [0.717, 1.165) is 41.7 Å². The summed E-state index contributed by atoms with van der Waals surface area (Å²) in [5.74, 6) is 1.55. The molecule has 1 saturated carbocycles. The highest BCUT2D eigenvalue weighted by Crippen LogP contribution is 2.27. The first-order valence-electron chi connectivity index (χ1n) is 8.04. The van der Waals surface area contributed by atoms with Gasteiger partial charge >= 0.3 is 0 Å². The molecule has 1 aliphatic rings. The van der Waals surface area contributed by atoms with Crippen molar-refractivity contribution >= 4 is 22.4 Å². The summed E-state index contributed by atoms with van der Waals surface area (Å²) in [6.45, 7) is 4.10. The zero-order valence-corrected chi connectivity index (χ0v) is 13.5. The molecule has 23 heavy (non-hydrogen) atoms. The Kier molecular flexibility index (Phi) is 4.30. The van der Waals surface area contributed by atoms with Crippen LogP contribution in [0.4, 0.5) is 11.6 Å². The topological polar surface area (TPSA) is 99.6 Å². The predicted molar refractivity (Wildman–Crippen MR) is 92.2 cm³/mol. The molecule has 6 heteroatoms. The van der Waals surface area contributed by atoms with Crippen LogP contribution in [0.3, 0.4) is 0 Å². The summed E-state index contributed by atoms with van der Waals surface area (Å²) in [5.41, 5.74) is 6.36. The van der Waals surface area contributed by atoms with Gasteiger partial charge in [-0.05, 0) is 45.2 Å². The van der Waals surface area contributed by atoms with Gasteiger partial charge < -0.3 is 16.4 Å². The fourth-order valence-corrected chi connectivity index (χ4v) is 3.02. The number of anilines is 2. The minimum atomic E-state index is 0.233. The van der Waals surface area contributed by atoms with E-state index in [9.17, 15) is 0 Å². The van der Waals surface area contributed by atoms with Crippen LogP contribution in [-0.2, 0) is 0 Å². The Hall–Kier alpha value is -2.39. The highest BCUT2D eigenvalue weighted by atomic mass is 15.0. The molecule has 0 bridgehead atoms. The van der Waals surface area contributed by atoms with E-state index in [1.165, 1.54) is 0 Å². The average Bonchev–Trinajstić information content (AvgIpc) is 2.92. The van der Waals surface area contributed by atoms with Crippen molar-refractivity contribution in [2.75, 3.05) is 10.6 Å². The summed E-state index contributed by atoms with van der Waals surface area (Å²) in [5, 5.41) is 17.8. The fraction of sp³-hybridized carbons (Fsp3) is 0.471. The second kappa shape index (κ2) is 6.39. The number of nitrogens with two attached hydrogens (primary N) is 1. The molecule has 1 fully saturated rings. The standard InChI is InChI=1S/C17H22N6/c1-10(2)21-17-15-7-16(22-13-4-3-12(19)6-13)20-9-11(15)5-14(8-18)23-17/h5,7,9-10,12-13H,3-4,6,19H2,1-2H3,(H,20,22)(H,21,23)/t12-,13+/m1/s1. The van der Waals surface area contributed by atoms with Crippen LogP contribution >= 0.6 is 0 Å². The summed E-state index contributed by atoms with van der Waals surface area (Å²) in [6.07, 6.45) is 4.89. The summed E-state index contributed by atoms with van der Waals surface area (Å²) >= 11 is 0. The lowest BCUT2D eigenvalue weighted by Crippen LogP contribution is -2.21. The van der Waals surface area contributed by atoms with E-state index in [-0.39, 0.29) is 12.1 Å². The number of hydrogen-bond donors (Lipinski definition) is 3. The Morgan fingerprint density at radius 2 is 2.17 bits per heavy atom. The van der Waals surface area contributed by atoms with E-state index in [2.05, 4.69) is 26.7 Å². The lowest BCUT2D eigenvalue weighted by Gasteiger charge is -2.16. The quantitative estimate of drug-likeness (QED) is 0.802. The number of pyridine rings is 2. The van der Waals surface area contributed by atoms with Gasteiger partial charge in [-0.25, -0.2) is 9.97 Å². The summed E-state index contributed by atoms with van der Waals surface area (Å²) in [7, 11) is 0. The summed E-state index contributed by atoms with van der Waals surface area (Å²) in [6, 6.07) is 6.76. The van der Waals surface area contributed by atoms with E-state index in [1.54, 1.807) is 12.3 Å². The molecule has 0 unspecified atom stereocenters. The third kappa shape index (κ3) is 3.51. The molecule has 0 aromatic carbocycles. The van der Waals surface area contributed by atoms with Crippen LogP contribution in [0.1, 0.15) is 38.8 Å². The van der Waals surface area contributed by atoms with E-state index >= 15 is 0 Å². The first-order chi connectivity index (χ1) is 11.0. The van der Waals surface area contributed by atoms with Gasteiger partial charge in [0.1, 0.15) is 23.4 Å². The van der Waals surface area contributed by atoms with Crippen LogP contribution in [0.25, 0.3) is 10.8 Å². The Morgan fingerprint density at radius 3 is 2.83 bits per heavy atom. The van der Waals surface area contributed by atoms with Crippen molar-refractivity contribution in [3.05, 3.63) is 24.0 Å². The molecule has 1 aliphatic carbocycles. The molecule has 2 heterocycles. The molecule has 0 aliphatic heterocycles. The van der Waals surface area contributed by atoms with Crippen molar-refractivity contribution in [1.29, 1.82) is 5.26 Å². The fourth-order valence-electron chi connectivity index (χ4n) is 3.02. The van der Waals surface area contributed by atoms with Crippen LogP contribution in [0.5, 0.6) is 0 Å². The summed E-state index contributed by atoms with van der Waals surface area (Å²) < 4.78 is 0. The zero-order chi connectivity index (χ0) is 16.4.